The molecule has 1 aromatic heterocycles. The van der Waals surface area contributed by atoms with E-state index in [0.29, 0.717) is 5.92 Å². The fourth-order valence-corrected chi connectivity index (χ4v) is 3.06. The Balaban J connectivity index is 0.000000543. The normalized spacial score (nSPS) is 13.2. The Labute approximate surface area is 180 Å². The van der Waals surface area contributed by atoms with E-state index in [0.717, 1.165) is 35.6 Å². The first-order valence-electron chi connectivity index (χ1n) is 10.1. The van der Waals surface area contributed by atoms with Gasteiger partial charge in [-0.05, 0) is 58.1 Å². The fraction of sp³-hybridized carbons (Fsp3) is 0.375. The van der Waals surface area contributed by atoms with E-state index in [-0.39, 0.29) is 0 Å². The zero-order valence-electron chi connectivity index (χ0n) is 18.7. The standard InChI is InChI=1S/C13H18N4.C7H8.C2H6.2CH2O/c1-17-6-4-9(5-7-17)13-15-11-3-2-10(14)8-12(11)16-13;1-7-5-3-2-4-6-7;3*1-2/h2-3,8-9H,4-7,14H2,1H3,(H,15,16);2-6H,1H3;1-2H3;2*1H2. The van der Waals surface area contributed by atoms with E-state index in [2.05, 4.69) is 41.0 Å². The topological polar surface area (TPSA) is 92.1 Å². The minimum atomic E-state index is 0.569. The largest absolute Gasteiger partial charge is 0.399 e. The lowest BCUT2D eigenvalue weighted by Crippen LogP contribution is -2.29. The molecular formula is C24H36N4O2. The summed E-state index contributed by atoms with van der Waals surface area (Å²) < 4.78 is 0. The van der Waals surface area contributed by atoms with Gasteiger partial charge in [-0.3, -0.25) is 0 Å². The number of benzene rings is 2. The molecule has 0 unspecified atom stereocenters. The number of aryl methyl sites for hydroxylation is 1. The van der Waals surface area contributed by atoms with Gasteiger partial charge in [-0.2, -0.15) is 0 Å². The molecule has 3 N–H and O–H groups in total. The molecule has 0 bridgehead atoms. The molecule has 2 heterocycles. The third-order valence-electron chi connectivity index (χ3n) is 4.57. The first-order valence-corrected chi connectivity index (χ1v) is 10.1. The lowest BCUT2D eigenvalue weighted by atomic mass is 9.97. The number of aromatic amines is 1. The number of nitrogens with zero attached hydrogens (tertiary/aromatic N) is 2. The maximum absolute atomic E-state index is 8.00. The second-order valence-corrected chi connectivity index (χ2v) is 6.63. The molecule has 6 nitrogen and oxygen atoms in total. The van der Waals surface area contributed by atoms with Gasteiger partial charge in [0.1, 0.15) is 19.4 Å². The summed E-state index contributed by atoms with van der Waals surface area (Å²) in [7, 11) is 2.18. The lowest BCUT2D eigenvalue weighted by Gasteiger charge is -2.27. The molecule has 3 aromatic rings. The van der Waals surface area contributed by atoms with Crippen LogP contribution in [0.2, 0.25) is 0 Å². The Hall–Kier alpha value is -2.99. The third-order valence-corrected chi connectivity index (χ3v) is 4.57. The smallest absolute Gasteiger partial charge is 0.110 e. The number of anilines is 1. The molecule has 1 aliphatic rings. The van der Waals surface area contributed by atoms with Crippen LogP contribution in [0.3, 0.4) is 0 Å². The van der Waals surface area contributed by atoms with E-state index >= 15 is 0 Å². The molecular weight excluding hydrogens is 376 g/mol. The van der Waals surface area contributed by atoms with E-state index in [4.69, 9.17) is 15.3 Å². The van der Waals surface area contributed by atoms with Crippen molar-refractivity contribution in [3.8, 4) is 0 Å². The van der Waals surface area contributed by atoms with Crippen molar-refractivity contribution in [1.29, 1.82) is 0 Å². The van der Waals surface area contributed by atoms with Crippen molar-refractivity contribution in [2.75, 3.05) is 25.9 Å². The Morgan fingerprint density at radius 2 is 1.57 bits per heavy atom. The van der Waals surface area contributed by atoms with Gasteiger partial charge < -0.3 is 25.2 Å². The Morgan fingerprint density at radius 3 is 2.07 bits per heavy atom. The van der Waals surface area contributed by atoms with Gasteiger partial charge in [-0.1, -0.05) is 49.7 Å². The molecule has 0 spiro atoms. The second kappa shape index (κ2) is 15.9. The molecule has 1 fully saturated rings. The number of piperidine rings is 1. The number of nitrogens with two attached hydrogens (primary N) is 1. The molecule has 0 saturated carbocycles. The highest BCUT2D eigenvalue weighted by molar-refractivity contribution is 5.78. The SMILES string of the molecule is C=O.C=O.CC.CN1CCC(c2nc3ccc(N)cc3[nH]2)CC1.Cc1ccccc1. The number of hydrogen-bond donors (Lipinski definition) is 2. The van der Waals surface area contributed by atoms with Gasteiger partial charge in [0.25, 0.3) is 0 Å². The monoisotopic (exact) mass is 412 g/mol. The summed E-state index contributed by atoms with van der Waals surface area (Å²) in [5, 5.41) is 0. The number of aromatic nitrogens is 2. The third kappa shape index (κ3) is 9.01. The molecule has 1 aliphatic heterocycles. The van der Waals surface area contributed by atoms with Crippen LogP contribution in [0.25, 0.3) is 11.0 Å². The second-order valence-electron chi connectivity index (χ2n) is 6.63. The molecule has 0 radical (unpaired) electrons. The summed E-state index contributed by atoms with van der Waals surface area (Å²) in [4.78, 5) is 26.5. The molecule has 2 aromatic carbocycles. The van der Waals surface area contributed by atoms with Gasteiger partial charge in [0.15, 0.2) is 0 Å². The molecule has 4 rings (SSSR count). The number of nitrogens with one attached hydrogen (secondary N) is 1. The summed E-state index contributed by atoms with van der Waals surface area (Å²) in [6, 6.07) is 16.1. The maximum atomic E-state index is 8.00. The summed E-state index contributed by atoms with van der Waals surface area (Å²) in [5.74, 6) is 1.69. The average molecular weight is 413 g/mol. The molecule has 0 amide bonds. The zero-order valence-corrected chi connectivity index (χ0v) is 18.7. The predicted molar refractivity (Wildman–Crippen MR) is 127 cm³/mol. The molecule has 0 atom stereocenters. The summed E-state index contributed by atoms with van der Waals surface area (Å²) in [6.07, 6.45) is 2.37. The van der Waals surface area contributed by atoms with E-state index < -0.39 is 0 Å². The van der Waals surface area contributed by atoms with Crippen LogP contribution in [-0.2, 0) is 9.59 Å². The first kappa shape index (κ1) is 27.0. The fourth-order valence-electron chi connectivity index (χ4n) is 3.06. The van der Waals surface area contributed by atoms with Crippen molar-refractivity contribution in [3.63, 3.8) is 0 Å². The molecule has 0 aliphatic carbocycles. The van der Waals surface area contributed by atoms with Crippen LogP contribution in [-0.4, -0.2) is 48.6 Å². The quantitative estimate of drug-likeness (QED) is 0.570. The Kier molecular flexibility index (Phi) is 14.3. The molecule has 30 heavy (non-hydrogen) atoms. The van der Waals surface area contributed by atoms with Crippen LogP contribution in [0.1, 0.15) is 44.0 Å². The maximum Gasteiger partial charge on any atom is 0.110 e. The summed E-state index contributed by atoms with van der Waals surface area (Å²) >= 11 is 0. The van der Waals surface area contributed by atoms with Crippen molar-refractivity contribution in [2.24, 2.45) is 0 Å². The predicted octanol–water partition coefficient (Wildman–Crippen LogP) is 4.61. The average Bonchev–Trinajstić information content (AvgIpc) is 3.22. The van der Waals surface area contributed by atoms with E-state index in [1.807, 2.05) is 63.8 Å². The number of nitrogen functional groups attached to an aromatic ring is 1. The van der Waals surface area contributed by atoms with Gasteiger partial charge in [0.05, 0.1) is 11.0 Å². The van der Waals surface area contributed by atoms with Crippen LogP contribution in [0.15, 0.2) is 48.5 Å². The Bertz CT molecular complexity index is 810. The minimum absolute atomic E-state index is 0.569. The van der Waals surface area contributed by atoms with Crippen LogP contribution in [0.4, 0.5) is 5.69 Å². The first-order chi connectivity index (χ1) is 14.6. The highest BCUT2D eigenvalue weighted by Crippen LogP contribution is 2.27. The van der Waals surface area contributed by atoms with Crippen LogP contribution >= 0.6 is 0 Å². The number of hydrogen-bond acceptors (Lipinski definition) is 5. The van der Waals surface area contributed by atoms with Crippen molar-refractivity contribution < 1.29 is 9.59 Å². The van der Waals surface area contributed by atoms with Gasteiger partial charge in [0, 0.05) is 11.6 Å². The van der Waals surface area contributed by atoms with Crippen LogP contribution < -0.4 is 5.73 Å². The van der Waals surface area contributed by atoms with Crippen LogP contribution in [0.5, 0.6) is 0 Å². The number of fused-ring (bicyclic) bond motifs is 1. The number of imidazole rings is 1. The lowest BCUT2D eigenvalue weighted by molar-refractivity contribution is -0.0987. The van der Waals surface area contributed by atoms with Crippen LogP contribution in [0, 0.1) is 6.92 Å². The Morgan fingerprint density at radius 1 is 1.00 bits per heavy atom. The molecule has 6 heteroatoms. The minimum Gasteiger partial charge on any atom is -0.399 e. The number of carbonyl (C=O) groups is 2. The number of rotatable bonds is 1. The number of H-pyrrole nitrogens is 1. The van der Waals surface area contributed by atoms with Crippen molar-refractivity contribution in [2.45, 2.75) is 39.5 Å². The van der Waals surface area contributed by atoms with Crippen molar-refractivity contribution in [3.05, 3.63) is 59.9 Å². The van der Waals surface area contributed by atoms with E-state index in [1.54, 1.807) is 0 Å². The highest BCUT2D eigenvalue weighted by Gasteiger charge is 2.21. The van der Waals surface area contributed by atoms with E-state index in [9.17, 15) is 0 Å². The number of likely N-dealkylation sites (tertiary alicyclic amines) is 1. The van der Waals surface area contributed by atoms with Gasteiger partial charge in [-0.15, -0.1) is 0 Å². The molecule has 164 valence electrons. The number of carbonyl (C=O) groups excluding carboxylic acids is 2. The van der Waals surface area contributed by atoms with Gasteiger partial charge >= 0.3 is 0 Å². The van der Waals surface area contributed by atoms with E-state index in [1.165, 1.54) is 18.4 Å². The van der Waals surface area contributed by atoms with Gasteiger partial charge in [-0.25, -0.2) is 4.98 Å². The summed E-state index contributed by atoms with van der Waals surface area (Å²) in [6.45, 7) is 12.4. The highest BCUT2D eigenvalue weighted by atomic mass is 16.1. The summed E-state index contributed by atoms with van der Waals surface area (Å²) in [5.41, 5.74) is 9.96. The van der Waals surface area contributed by atoms with Gasteiger partial charge in [0.2, 0.25) is 0 Å². The molecule has 1 saturated heterocycles. The van der Waals surface area contributed by atoms with Crippen molar-refractivity contribution >= 4 is 30.3 Å². The van der Waals surface area contributed by atoms with Crippen molar-refractivity contribution in [1.82, 2.24) is 14.9 Å². The zero-order chi connectivity index (χ0) is 22.9.